The molecule has 2 fully saturated rings. The first-order chi connectivity index (χ1) is 12.2. The minimum atomic E-state index is -0.358. The molecule has 1 aromatic carbocycles. The van der Waals surface area contributed by atoms with Crippen molar-refractivity contribution in [2.24, 2.45) is 0 Å². The maximum atomic E-state index is 13.0. The van der Waals surface area contributed by atoms with Gasteiger partial charge in [0.25, 0.3) is 0 Å². The number of benzene rings is 1. The molecule has 0 aromatic heterocycles. The molecule has 1 amide bonds. The van der Waals surface area contributed by atoms with Crippen LogP contribution in [0.1, 0.15) is 18.9 Å². The van der Waals surface area contributed by atoms with Gasteiger partial charge in [-0.2, -0.15) is 0 Å². The van der Waals surface area contributed by atoms with Gasteiger partial charge in [0.2, 0.25) is 5.91 Å². The van der Waals surface area contributed by atoms with Crippen LogP contribution in [0.15, 0.2) is 24.3 Å². The summed E-state index contributed by atoms with van der Waals surface area (Å²) in [7, 11) is 1.64. The molecule has 2 saturated heterocycles. The summed E-state index contributed by atoms with van der Waals surface area (Å²) in [5.41, 5.74) is 0.626. The standard InChI is InChI=1S/C19H27NO5/c1-3-23-12-17-11-19(14-25-17)13-24-9-8-20(19)18(21)10-15-4-6-16(22-2)7-5-15/h4-7,17H,3,8-14H2,1-2H3/t17-,19+/m1/s1. The van der Waals surface area contributed by atoms with Gasteiger partial charge >= 0.3 is 0 Å². The Morgan fingerprint density at radius 2 is 2.12 bits per heavy atom. The molecule has 0 N–H and O–H groups in total. The van der Waals surface area contributed by atoms with E-state index in [1.807, 2.05) is 36.1 Å². The monoisotopic (exact) mass is 349 g/mol. The summed E-state index contributed by atoms with van der Waals surface area (Å²) in [6.07, 6.45) is 1.17. The van der Waals surface area contributed by atoms with Crippen molar-refractivity contribution in [3.05, 3.63) is 29.8 Å². The Hall–Kier alpha value is -1.63. The fourth-order valence-corrected chi connectivity index (χ4v) is 3.60. The van der Waals surface area contributed by atoms with E-state index in [1.165, 1.54) is 0 Å². The highest BCUT2D eigenvalue weighted by molar-refractivity contribution is 5.80. The quantitative estimate of drug-likeness (QED) is 0.782. The number of nitrogens with zero attached hydrogens (tertiary/aromatic N) is 1. The summed E-state index contributed by atoms with van der Waals surface area (Å²) in [5.74, 6) is 0.913. The largest absolute Gasteiger partial charge is 0.497 e. The lowest BCUT2D eigenvalue weighted by atomic mass is 9.92. The molecule has 2 aliphatic rings. The zero-order valence-corrected chi connectivity index (χ0v) is 15.0. The molecule has 3 rings (SSSR count). The number of ether oxygens (including phenoxy) is 4. The van der Waals surface area contributed by atoms with Crippen LogP contribution in [0, 0.1) is 0 Å². The Balaban J connectivity index is 1.66. The van der Waals surface area contributed by atoms with Crippen molar-refractivity contribution in [3.8, 4) is 5.75 Å². The van der Waals surface area contributed by atoms with Gasteiger partial charge in [0, 0.05) is 19.6 Å². The molecule has 0 saturated carbocycles. The van der Waals surface area contributed by atoms with E-state index in [0.717, 1.165) is 17.7 Å². The molecule has 25 heavy (non-hydrogen) atoms. The van der Waals surface area contributed by atoms with Gasteiger partial charge in [-0.05, 0) is 24.6 Å². The molecule has 6 nitrogen and oxygen atoms in total. The molecule has 0 unspecified atom stereocenters. The minimum absolute atomic E-state index is 0.0259. The lowest BCUT2D eigenvalue weighted by Gasteiger charge is -2.43. The molecule has 2 atom stereocenters. The maximum absolute atomic E-state index is 13.0. The van der Waals surface area contributed by atoms with E-state index in [1.54, 1.807) is 7.11 Å². The topological polar surface area (TPSA) is 57.2 Å². The minimum Gasteiger partial charge on any atom is -0.497 e. The van der Waals surface area contributed by atoms with Gasteiger partial charge in [-0.3, -0.25) is 4.79 Å². The molecular weight excluding hydrogens is 322 g/mol. The number of methoxy groups -OCH3 is 1. The van der Waals surface area contributed by atoms with Crippen LogP contribution >= 0.6 is 0 Å². The summed E-state index contributed by atoms with van der Waals surface area (Å²) in [5, 5.41) is 0. The number of rotatable bonds is 6. The second-order valence-electron chi connectivity index (χ2n) is 6.64. The second-order valence-corrected chi connectivity index (χ2v) is 6.64. The van der Waals surface area contributed by atoms with Gasteiger partial charge in [-0.1, -0.05) is 12.1 Å². The molecule has 0 bridgehead atoms. The third-order valence-corrected chi connectivity index (χ3v) is 4.92. The van der Waals surface area contributed by atoms with Crippen LogP contribution in [0.4, 0.5) is 0 Å². The van der Waals surface area contributed by atoms with Crippen LogP contribution in [0.3, 0.4) is 0 Å². The summed E-state index contributed by atoms with van der Waals surface area (Å²) in [6, 6.07) is 7.64. The van der Waals surface area contributed by atoms with Crippen molar-refractivity contribution in [1.29, 1.82) is 0 Å². The normalized spacial score (nSPS) is 26.2. The van der Waals surface area contributed by atoms with E-state index in [-0.39, 0.29) is 17.6 Å². The lowest BCUT2D eigenvalue weighted by molar-refractivity contribution is -0.148. The van der Waals surface area contributed by atoms with E-state index in [4.69, 9.17) is 18.9 Å². The first-order valence-electron chi connectivity index (χ1n) is 8.87. The molecule has 0 radical (unpaired) electrons. The van der Waals surface area contributed by atoms with Gasteiger partial charge in [0.15, 0.2) is 0 Å². The predicted molar refractivity (Wildman–Crippen MR) is 92.8 cm³/mol. The zero-order valence-electron chi connectivity index (χ0n) is 15.0. The van der Waals surface area contributed by atoms with Crippen molar-refractivity contribution in [3.63, 3.8) is 0 Å². The summed E-state index contributed by atoms with van der Waals surface area (Å²) < 4.78 is 22.2. The van der Waals surface area contributed by atoms with Crippen LogP contribution < -0.4 is 4.74 Å². The average molecular weight is 349 g/mol. The number of amides is 1. The highest BCUT2D eigenvalue weighted by Crippen LogP contribution is 2.33. The van der Waals surface area contributed by atoms with Gasteiger partial charge in [0.1, 0.15) is 5.75 Å². The Bertz CT molecular complexity index is 576. The third kappa shape index (κ3) is 4.14. The summed E-state index contributed by atoms with van der Waals surface area (Å²) in [4.78, 5) is 14.9. The Morgan fingerprint density at radius 1 is 1.32 bits per heavy atom. The third-order valence-electron chi connectivity index (χ3n) is 4.92. The van der Waals surface area contributed by atoms with Crippen LogP contribution in [-0.2, 0) is 25.4 Å². The SMILES string of the molecule is CCOC[C@H]1C[C@]2(COCCN2C(=O)Cc2ccc(OC)cc2)CO1. The second kappa shape index (κ2) is 8.17. The molecule has 2 heterocycles. The number of carbonyl (C=O) groups is 1. The Labute approximate surface area is 149 Å². The maximum Gasteiger partial charge on any atom is 0.227 e. The number of morpholine rings is 1. The summed E-state index contributed by atoms with van der Waals surface area (Å²) >= 11 is 0. The van der Waals surface area contributed by atoms with Crippen molar-refractivity contribution in [2.45, 2.75) is 31.4 Å². The Morgan fingerprint density at radius 3 is 2.84 bits per heavy atom. The fraction of sp³-hybridized carbons (Fsp3) is 0.632. The van der Waals surface area contributed by atoms with E-state index in [0.29, 0.717) is 46.0 Å². The first kappa shape index (κ1) is 18.2. The van der Waals surface area contributed by atoms with Gasteiger partial charge in [-0.15, -0.1) is 0 Å². The summed E-state index contributed by atoms with van der Waals surface area (Å²) in [6.45, 7) is 5.44. The fourth-order valence-electron chi connectivity index (χ4n) is 3.60. The Kier molecular flexibility index (Phi) is 5.93. The van der Waals surface area contributed by atoms with Crippen LogP contribution in [0.25, 0.3) is 0 Å². The molecular formula is C19H27NO5. The van der Waals surface area contributed by atoms with Gasteiger partial charge in [-0.25, -0.2) is 0 Å². The van der Waals surface area contributed by atoms with E-state index in [9.17, 15) is 4.79 Å². The van der Waals surface area contributed by atoms with Gasteiger partial charge < -0.3 is 23.8 Å². The molecule has 2 aliphatic heterocycles. The van der Waals surface area contributed by atoms with Crippen molar-refractivity contribution >= 4 is 5.91 Å². The van der Waals surface area contributed by atoms with Crippen LogP contribution in [0.5, 0.6) is 5.75 Å². The highest BCUT2D eigenvalue weighted by Gasteiger charge is 2.48. The van der Waals surface area contributed by atoms with E-state index < -0.39 is 0 Å². The van der Waals surface area contributed by atoms with Crippen molar-refractivity contribution in [2.75, 3.05) is 46.7 Å². The number of carbonyl (C=O) groups excluding carboxylic acids is 1. The number of hydrogen-bond acceptors (Lipinski definition) is 5. The molecule has 0 aliphatic carbocycles. The smallest absolute Gasteiger partial charge is 0.227 e. The molecule has 1 spiro atoms. The highest BCUT2D eigenvalue weighted by atomic mass is 16.5. The van der Waals surface area contributed by atoms with E-state index >= 15 is 0 Å². The molecule has 138 valence electrons. The van der Waals surface area contributed by atoms with E-state index in [2.05, 4.69) is 0 Å². The average Bonchev–Trinajstić information content (AvgIpc) is 3.04. The van der Waals surface area contributed by atoms with Crippen LogP contribution in [-0.4, -0.2) is 69.1 Å². The first-order valence-corrected chi connectivity index (χ1v) is 8.87. The predicted octanol–water partition coefficient (Wildman–Crippen LogP) is 1.66. The zero-order chi connectivity index (χ0) is 17.7. The lowest BCUT2D eigenvalue weighted by Crippen LogP contribution is -2.60. The van der Waals surface area contributed by atoms with Gasteiger partial charge in [0.05, 0.1) is 51.6 Å². The van der Waals surface area contributed by atoms with Crippen molar-refractivity contribution in [1.82, 2.24) is 4.90 Å². The number of hydrogen-bond donors (Lipinski definition) is 0. The molecule has 1 aromatic rings. The van der Waals surface area contributed by atoms with Crippen molar-refractivity contribution < 1.29 is 23.7 Å². The van der Waals surface area contributed by atoms with Crippen LogP contribution in [0.2, 0.25) is 0 Å². The molecule has 6 heteroatoms.